The predicted octanol–water partition coefficient (Wildman–Crippen LogP) is 3.28. The van der Waals surface area contributed by atoms with Crippen molar-refractivity contribution in [1.29, 1.82) is 0 Å². The number of nitrogens with zero attached hydrogens (tertiary/aromatic N) is 4. The number of para-hydroxylation sites is 1. The quantitative estimate of drug-likeness (QED) is 0.255. The van der Waals surface area contributed by atoms with Crippen LogP contribution in [0, 0.1) is 0 Å². The molecule has 1 aromatic heterocycles. The zero-order valence-electron chi connectivity index (χ0n) is 23.1. The van der Waals surface area contributed by atoms with Gasteiger partial charge < -0.3 is 14.2 Å². The largest absolute Gasteiger partial charge is 0.383 e. The highest BCUT2D eigenvalue weighted by Crippen LogP contribution is 2.34. The van der Waals surface area contributed by atoms with Crippen molar-refractivity contribution in [3.8, 4) is 0 Å². The lowest BCUT2D eigenvalue weighted by molar-refractivity contribution is 0.0391. The minimum absolute atomic E-state index is 0.112. The summed E-state index contributed by atoms with van der Waals surface area (Å²) in [6.07, 6.45) is 2.01. The number of benzene rings is 2. The van der Waals surface area contributed by atoms with Crippen molar-refractivity contribution >= 4 is 54.4 Å². The number of hydrogen-bond acceptors (Lipinski definition) is 10. The van der Waals surface area contributed by atoms with E-state index in [1.807, 2.05) is 24.5 Å². The van der Waals surface area contributed by atoms with E-state index in [9.17, 15) is 13.2 Å². The van der Waals surface area contributed by atoms with Crippen molar-refractivity contribution in [2.75, 3.05) is 91.1 Å². The zero-order chi connectivity index (χ0) is 28.5. The Kier molecular flexibility index (Phi) is 11.3. The number of morpholine rings is 1. The van der Waals surface area contributed by atoms with Crippen molar-refractivity contribution in [3.05, 3.63) is 48.0 Å². The van der Waals surface area contributed by atoms with Crippen molar-refractivity contribution in [2.45, 2.75) is 9.79 Å². The maximum absolute atomic E-state index is 13.9. The number of carbonyl (C=O) groups excluding carboxylic acids is 1. The summed E-state index contributed by atoms with van der Waals surface area (Å²) in [4.78, 5) is 23.9. The van der Waals surface area contributed by atoms with E-state index in [2.05, 4.69) is 4.90 Å². The van der Waals surface area contributed by atoms with E-state index in [4.69, 9.17) is 19.2 Å². The van der Waals surface area contributed by atoms with Crippen molar-refractivity contribution in [2.24, 2.45) is 0 Å². The molecular formula is C27H36N4O6S3. The molecule has 1 amide bonds. The molecule has 0 saturated carbocycles. The van der Waals surface area contributed by atoms with E-state index in [0.29, 0.717) is 37.0 Å². The molecule has 0 unspecified atom stereocenters. The number of hydrogen-bond donors (Lipinski definition) is 0. The van der Waals surface area contributed by atoms with Gasteiger partial charge in [0.05, 0.1) is 41.5 Å². The smallest absolute Gasteiger partial charge is 0.260 e. The molecule has 2 heterocycles. The van der Waals surface area contributed by atoms with Crippen LogP contribution >= 0.6 is 23.1 Å². The van der Waals surface area contributed by atoms with Gasteiger partial charge in [0.2, 0.25) is 10.0 Å². The number of thioether (sulfide) groups is 1. The molecule has 0 aliphatic carbocycles. The second kappa shape index (κ2) is 14.7. The Balaban J connectivity index is 1.60. The van der Waals surface area contributed by atoms with E-state index in [0.717, 1.165) is 28.2 Å². The number of rotatable bonds is 14. The molecule has 1 saturated heterocycles. The minimum Gasteiger partial charge on any atom is -0.383 e. The lowest BCUT2D eigenvalue weighted by Crippen LogP contribution is -2.43. The number of thiazole rings is 1. The van der Waals surface area contributed by atoms with Crippen LogP contribution in [0.5, 0.6) is 0 Å². The summed E-state index contributed by atoms with van der Waals surface area (Å²) in [6, 6.07) is 12.2. The maximum atomic E-state index is 13.9. The van der Waals surface area contributed by atoms with Crippen LogP contribution in [0.1, 0.15) is 10.4 Å². The normalized spacial score (nSPS) is 14.7. The number of methoxy groups -OCH3 is 2. The Labute approximate surface area is 244 Å². The van der Waals surface area contributed by atoms with Crippen LogP contribution in [-0.2, 0) is 24.2 Å². The first-order valence-corrected chi connectivity index (χ1v) is 16.5. The third-order valence-corrected chi connectivity index (χ3v) is 10.4. The van der Waals surface area contributed by atoms with Crippen molar-refractivity contribution in [1.82, 2.24) is 14.2 Å². The van der Waals surface area contributed by atoms with E-state index in [1.54, 1.807) is 28.8 Å². The second-order valence-corrected chi connectivity index (χ2v) is 12.9. The van der Waals surface area contributed by atoms with Gasteiger partial charge in [-0.2, -0.15) is 4.31 Å². The molecule has 0 spiro atoms. The number of fused-ring (bicyclic) bond motifs is 1. The topological polar surface area (TPSA) is 102 Å². The molecule has 13 heteroatoms. The third kappa shape index (κ3) is 7.39. The Bertz CT molecular complexity index is 1350. The lowest BCUT2D eigenvalue weighted by atomic mass is 10.2. The summed E-state index contributed by atoms with van der Waals surface area (Å²) in [7, 11) is -0.738. The van der Waals surface area contributed by atoms with Crippen LogP contribution in [0.15, 0.2) is 52.3 Å². The van der Waals surface area contributed by atoms with Gasteiger partial charge in [0.15, 0.2) is 5.13 Å². The summed E-state index contributed by atoms with van der Waals surface area (Å²) in [5.74, 6) is -0.224. The SMILES string of the molecule is COCCN(CCOC)S(=O)(=O)c1ccc(C(=O)N(CCN2CCOCC2)c2nc3c(SC)cccc3s2)cc1. The minimum atomic E-state index is -3.79. The molecule has 40 heavy (non-hydrogen) atoms. The Morgan fingerprint density at radius 2 is 1.73 bits per heavy atom. The van der Waals surface area contributed by atoms with E-state index in [1.165, 1.54) is 42.0 Å². The van der Waals surface area contributed by atoms with Gasteiger partial charge in [0.1, 0.15) is 0 Å². The molecule has 1 aliphatic rings. The molecule has 2 aromatic carbocycles. The fourth-order valence-corrected chi connectivity index (χ4v) is 7.41. The number of ether oxygens (including phenoxy) is 3. The predicted molar refractivity (Wildman–Crippen MR) is 159 cm³/mol. The summed E-state index contributed by atoms with van der Waals surface area (Å²) in [5.41, 5.74) is 1.28. The summed E-state index contributed by atoms with van der Waals surface area (Å²) in [5, 5.41) is 0.622. The highest BCUT2D eigenvalue weighted by atomic mass is 32.2. The van der Waals surface area contributed by atoms with E-state index in [-0.39, 0.29) is 37.1 Å². The van der Waals surface area contributed by atoms with Crippen LogP contribution in [0.25, 0.3) is 10.2 Å². The zero-order valence-corrected chi connectivity index (χ0v) is 25.5. The average Bonchev–Trinajstić information content (AvgIpc) is 3.42. The lowest BCUT2D eigenvalue weighted by Gasteiger charge is -2.29. The molecule has 0 atom stereocenters. The van der Waals surface area contributed by atoms with Crippen LogP contribution in [-0.4, -0.2) is 115 Å². The first-order chi connectivity index (χ1) is 19.4. The van der Waals surface area contributed by atoms with Gasteiger partial charge in [-0.1, -0.05) is 17.4 Å². The van der Waals surface area contributed by atoms with Gasteiger partial charge in [-0.3, -0.25) is 14.6 Å². The molecule has 0 N–H and O–H groups in total. The molecule has 218 valence electrons. The van der Waals surface area contributed by atoms with Gasteiger partial charge in [-0.15, -0.1) is 11.8 Å². The fraction of sp³-hybridized carbons (Fsp3) is 0.481. The molecule has 0 radical (unpaired) electrons. The fourth-order valence-electron chi connectivity index (χ4n) is 4.35. The summed E-state index contributed by atoms with van der Waals surface area (Å²) >= 11 is 3.10. The molecule has 1 aliphatic heterocycles. The van der Waals surface area contributed by atoms with E-state index >= 15 is 0 Å². The number of carbonyl (C=O) groups is 1. The Morgan fingerprint density at radius 1 is 1.05 bits per heavy atom. The van der Waals surface area contributed by atoms with Gasteiger partial charge in [-0.05, 0) is 42.7 Å². The standard InChI is InChI=1S/C27H36N4O6S3/c1-35-17-15-30(16-18-36-2)40(33,34)22-9-7-21(8-10-22)26(32)31(12-11-29-13-19-37-20-14-29)27-28-25-23(38-3)5-4-6-24(25)39-27/h4-10H,11-20H2,1-3H3. The average molecular weight is 609 g/mol. The Morgan fingerprint density at radius 3 is 2.35 bits per heavy atom. The first kappa shape index (κ1) is 30.8. The maximum Gasteiger partial charge on any atom is 0.260 e. The number of aromatic nitrogens is 1. The first-order valence-electron chi connectivity index (χ1n) is 13.0. The highest BCUT2D eigenvalue weighted by molar-refractivity contribution is 7.98. The van der Waals surface area contributed by atoms with Crippen molar-refractivity contribution in [3.63, 3.8) is 0 Å². The van der Waals surface area contributed by atoms with Crippen LogP contribution in [0.2, 0.25) is 0 Å². The number of amides is 1. The molecule has 3 aromatic rings. The van der Waals surface area contributed by atoms with Crippen LogP contribution < -0.4 is 4.90 Å². The summed E-state index contributed by atoms with van der Waals surface area (Å²) < 4.78 is 44.6. The van der Waals surface area contributed by atoms with Crippen LogP contribution in [0.4, 0.5) is 5.13 Å². The Hall–Kier alpha value is -2.10. The molecule has 0 bridgehead atoms. The molecule has 1 fully saturated rings. The monoisotopic (exact) mass is 608 g/mol. The van der Waals surface area contributed by atoms with Gasteiger partial charge in [0.25, 0.3) is 5.91 Å². The van der Waals surface area contributed by atoms with E-state index < -0.39 is 10.0 Å². The van der Waals surface area contributed by atoms with Gasteiger partial charge in [0, 0.05) is 63.9 Å². The summed E-state index contributed by atoms with van der Waals surface area (Å²) in [6.45, 7) is 5.04. The van der Waals surface area contributed by atoms with Crippen molar-refractivity contribution < 1.29 is 27.4 Å². The van der Waals surface area contributed by atoms with Gasteiger partial charge >= 0.3 is 0 Å². The van der Waals surface area contributed by atoms with Gasteiger partial charge in [-0.25, -0.2) is 13.4 Å². The second-order valence-electron chi connectivity index (χ2n) is 9.13. The molecular weight excluding hydrogens is 573 g/mol. The molecule has 4 rings (SSSR count). The number of sulfonamides is 1. The molecule has 10 nitrogen and oxygen atoms in total. The van der Waals surface area contributed by atoms with Crippen LogP contribution in [0.3, 0.4) is 0 Å². The third-order valence-electron chi connectivity index (χ3n) is 6.64. The number of anilines is 1. The highest BCUT2D eigenvalue weighted by Gasteiger charge is 2.27.